The second-order valence-electron chi connectivity index (χ2n) is 6.10. The first-order valence-corrected chi connectivity index (χ1v) is 11.1. The van der Waals surface area contributed by atoms with Crippen LogP contribution in [-0.2, 0) is 20.6 Å². The molecule has 0 saturated carbocycles. The topological polar surface area (TPSA) is 77.2 Å². The number of aromatic nitrogens is 2. The van der Waals surface area contributed by atoms with Crippen LogP contribution in [0.4, 0.5) is 18.9 Å². The van der Waals surface area contributed by atoms with Crippen LogP contribution in [0.1, 0.15) is 18.4 Å². The number of nitrogens with zero attached hydrogens (tertiary/aromatic N) is 2. The summed E-state index contributed by atoms with van der Waals surface area (Å²) < 4.78 is 63.7. The van der Waals surface area contributed by atoms with Gasteiger partial charge in [-0.1, -0.05) is 35.0 Å². The zero-order valence-corrected chi connectivity index (χ0v) is 17.8. The van der Waals surface area contributed by atoms with Crippen molar-refractivity contribution in [3.63, 3.8) is 0 Å². The monoisotopic (exact) mass is 479 g/mol. The highest BCUT2D eigenvalue weighted by atomic mass is 35.5. The minimum atomic E-state index is -3.83. The maximum atomic E-state index is 14.7. The number of anilines is 1. The van der Waals surface area contributed by atoms with Crippen molar-refractivity contribution in [2.24, 2.45) is 0 Å². The Morgan fingerprint density at radius 1 is 1.27 bits per heavy atom. The molecule has 0 bridgehead atoms. The van der Waals surface area contributed by atoms with Crippen LogP contribution < -0.4 is 5.09 Å². The predicted octanol–water partition coefficient (Wildman–Crippen LogP) is 6.66. The van der Waals surface area contributed by atoms with E-state index in [0.717, 1.165) is 6.07 Å². The minimum Gasteiger partial charge on any atom is -0.331 e. The summed E-state index contributed by atoms with van der Waals surface area (Å²) in [5.74, 6) is -2.11. The van der Waals surface area contributed by atoms with E-state index in [-0.39, 0.29) is 29.7 Å². The maximum absolute atomic E-state index is 14.7. The first-order valence-electron chi connectivity index (χ1n) is 8.57. The Morgan fingerprint density at radius 2 is 2.03 bits per heavy atom. The maximum Gasteiger partial charge on any atom is 0.400 e. The molecule has 1 N–H and O–H groups in total. The van der Waals surface area contributed by atoms with E-state index in [0.29, 0.717) is 10.7 Å². The molecule has 1 unspecified atom stereocenters. The van der Waals surface area contributed by atoms with Gasteiger partial charge in [-0.05, 0) is 48.4 Å². The Balaban J connectivity index is 1.84. The van der Waals surface area contributed by atoms with Crippen LogP contribution in [0.5, 0.6) is 0 Å². The average Bonchev–Trinajstić information content (AvgIpc) is 3.14. The van der Waals surface area contributed by atoms with Crippen LogP contribution in [0.2, 0.25) is 5.02 Å². The highest BCUT2D eigenvalue weighted by molar-refractivity contribution is 7.59. The van der Waals surface area contributed by atoms with Crippen molar-refractivity contribution in [1.82, 2.24) is 10.1 Å². The fourth-order valence-corrected chi connectivity index (χ4v) is 4.73. The third-order valence-corrected chi connectivity index (χ3v) is 6.25. The van der Waals surface area contributed by atoms with Gasteiger partial charge in [0.25, 0.3) is 7.52 Å². The largest absolute Gasteiger partial charge is 0.400 e. The summed E-state index contributed by atoms with van der Waals surface area (Å²) in [4.78, 5) is 3.46. The molecule has 0 aliphatic heterocycles. The molecule has 0 fully saturated rings. The van der Waals surface area contributed by atoms with Gasteiger partial charge in [0.1, 0.15) is 5.82 Å². The highest BCUT2D eigenvalue weighted by Gasteiger charge is 2.36. The molecule has 12 heteroatoms. The number of halogens is 5. The van der Waals surface area contributed by atoms with E-state index in [4.69, 9.17) is 27.7 Å². The SMILES string of the molecule is CCOP(=O)(Cc1ccc(-c2noc(C(F)(F)Cl)n2)cc1F)Nc1cccc(Cl)c1. The molecule has 0 saturated heterocycles. The van der Waals surface area contributed by atoms with Crippen molar-refractivity contribution in [2.45, 2.75) is 18.5 Å². The predicted molar refractivity (Wildman–Crippen MR) is 107 cm³/mol. The summed E-state index contributed by atoms with van der Waals surface area (Å²) in [5.41, 5.74) is 0.621. The van der Waals surface area contributed by atoms with E-state index in [9.17, 15) is 17.7 Å². The van der Waals surface area contributed by atoms with Crippen molar-refractivity contribution in [2.75, 3.05) is 11.7 Å². The van der Waals surface area contributed by atoms with E-state index in [1.165, 1.54) is 12.1 Å². The van der Waals surface area contributed by atoms with Gasteiger partial charge in [0.2, 0.25) is 5.82 Å². The molecule has 6 nitrogen and oxygen atoms in total. The van der Waals surface area contributed by atoms with Crippen LogP contribution in [0.3, 0.4) is 0 Å². The number of hydrogen-bond donors (Lipinski definition) is 1. The molecule has 1 atom stereocenters. The molecule has 0 spiro atoms. The Hall–Kier alpha value is -2.06. The van der Waals surface area contributed by atoms with Gasteiger partial charge in [-0.2, -0.15) is 13.8 Å². The van der Waals surface area contributed by atoms with E-state index in [1.807, 2.05) is 0 Å². The average molecular weight is 480 g/mol. The molecule has 0 aliphatic rings. The Morgan fingerprint density at radius 3 is 2.63 bits per heavy atom. The van der Waals surface area contributed by atoms with Gasteiger partial charge in [-0.3, -0.25) is 4.57 Å². The third kappa shape index (κ3) is 5.55. The van der Waals surface area contributed by atoms with Gasteiger partial charge in [0.05, 0.1) is 12.8 Å². The quantitative estimate of drug-likeness (QED) is 0.287. The lowest BCUT2D eigenvalue weighted by atomic mass is 10.1. The van der Waals surface area contributed by atoms with Crippen LogP contribution in [0, 0.1) is 5.82 Å². The van der Waals surface area contributed by atoms with Gasteiger partial charge in [-0.25, -0.2) is 4.39 Å². The van der Waals surface area contributed by atoms with E-state index in [2.05, 4.69) is 19.8 Å². The standard InChI is InChI=1S/C18H15Cl2F3N3O3P/c1-2-28-30(27,26-14-5-3-4-13(19)9-14)10-12-7-6-11(8-15(12)21)16-24-17(29-25-16)18(20,22)23/h3-9H,2,10H2,1H3,(H,26,27). The molecular formula is C18H15Cl2F3N3O3P. The molecule has 3 aromatic rings. The van der Waals surface area contributed by atoms with Crippen molar-refractivity contribution in [3.05, 3.63) is 64.8 Å². The molecule has 0 amide bonds. The summed E-state index contributed by atoms with van der Waals surface area (Å²) in [5, 5.41) is 2.75. The van der Waals surface area contributed by atoms with Crippen molar-refractivity contribution in [3.8, 4) is 11.4 Å². The van der Waals surface area contributed by atoms with E-state index >= 15 is 0 Å². The van der Waals surface area contributed by atoms with Crippen LogP contribution in [-0.4, -0.2) is 16.7 Å². The Bertz CT molecular complexity index is 1090. The Labute approximate surface area is 179 Å². The highest BCUT2D eigenvalue weighted by Crippen LogP contribution is 2.50. The fourth-order valence-electron chi connectivity index (χ4n) is 2.58. The second kappa shape index (κ2) is 8.98. The van der Waals surface area contributed by atoms with Gasteiger partial charge in [-0.15, -0.1) is 0 Å². The van der Waals surface area contributed by atoms with Crippen LogP contribution >= 0.6 is 30.7 Å². The minimum absolute atomic E-state index is 0.0800. The number of rotatable bonds is 8. The molecule has 1 heterocycles. The number of hydrogen-bond acceptors (Lipinski definition) is 5. The number of alkyl halides is 3. The number of nitrogens with one attached hydrogen (secondary N) is 1. The lowest BCUT2D eigenvalue weighted by Crippen LogP contribution is -2.05. The first kappa shape index (κ1) is 22.6. The molecular weight excluding hydrogens is 465 g/mol. The first-order chi connectivity index (χ1) is 14.1. The summed E-state index contributed by atoms with van der Waals surface area (Å²) in [6.07, 6.45) is -0.267. The lowest BCUT2D eigenvalue weighted by molar-refractivity contribution is 0.0551. The zero-order valence-electron chi connectivity index (χ0n) is 15.4. The fraction of sp³-hybridized carbons (Fsp3) is 0.222. The van der Waals surface area contributed by atoms with E-state index < -0.39 is 24.6 Å². The van der Waals surface area contributed by atoms with Crippen LogP contribution in [0.25, 0.3) is 11.4 Å². The molecule has 3 rings (SSSR count). The molecule has 160 valence electrons. The molecule has 2 aromatic carbocycles. The Kier molecular flexibility index (Phi) is 6.77. The van der Waals surface area contributed by atoms with Crippen molar-refractivity contribution in [1.29, 1.82) is 0 Å². The van der Waals surface area contributed by atoms with E-state index in [1.54, 1.807) is 31.2 Å². The van der Waals surface area contributed by atoms with Crippen molar-refractivity contribution >= 4 is 36.4 Å². The summed E-state index contributed by atoms with van der Waals surface area (Å²) >= 11 is 10.8. The second-order valence-corrected chi connectivity index (χ2v) is 9.15. The normalized spacial score (nSPS) is 13.8. The summed E-state index contributed by atoms with van der Waals surface area (Å²) in [6.45, 7) is 1.79. The van der Waals surface area contributed by atoms with Crippen molar-refractivity contribution < 1.29 is 26.8 Å². The molecule has 0 aliphatic carbocycles. The summed E-state index contributed by atoms with van der Waals surface area (Å²) in [7, 11) is -3.53. The summed E-state index contributed by atoms with van der Waals surface area (Å²) in [6, 6.07) is 10.3. The van der Waals surface area contributed by atoms with Gasteiger partial charge in [0.15, 0.2) is 0 Å². The lowest BCUT2D eigenvalue weighted by Gasteiger charge is -2.20. The smallest absolute Gasteiger partial charge is 0.331 e. The van der Waals surface area contributed by atoms with Gasteiger partial charge >= 0.3 is 11.3 Å². The molecule has 0 radical (unpaired) electrons. The zero-order chi connectivity index (χ0) is 21.9. The van der Waals surface area contributed by atoms with Gasteiger partial charge in [0, 0.05) is 16.3 Å². The van der Waals surface area contributed by atoms with Crippen LogP contribution in [0.15, 0.2) is 47.0 Å². The number of benzene rings is 2. The molecule has 1 aromatic heterocycles. The molecule has 30 heavy (non-hydrogen) atoms. The third-order valence-electron chi connectivity index (χ3n) is 3.82. The van der Waals surface area contributed by atoms with Gasteiger partial charge < -0.3 is 14.1 Å².